The molecule has 1 saturated heterocycles. The van der Waals surface area contributed by atoms with Crippen LogP contribution in [-0.2, 0) is 10.2 Å². The molecular weight excluding hydrogens is 641 g/mol. The molecule has 1 unspecified atom stereocenters. The number of imidazole rings is 1. The van der Waals surface area contributed by atoms with Gasteiger partial charge < -0.3 is 29.7 Å². The van der Waals surface area contributed by atoms with E-state index < -0.39 is 42.0 Å². The average molecular weight is 676 g/mol. The van der Waals surface area contributed by atoms with E-state index in [0.29, 0.717) is 33.8 Å². The largest absolute Gasteiger partial charge is 0.497 e. The zero-order valence-electron chi connectivity index (χ0n) is 27.1. The number of ether oxygens (including phenoxy) is 3. The molecule has 254 valence electrons. The molecule has 0 spiro atoms. The number of benzene rings is 4. The number of hydrogen-bond donors (Lipinski definition) is 3. The van der Waals surface area contributed by atoms with Crippen LogP contribution in [0.1, 0.15) is 33.3 Å². The van der Waals surface area contributed by atoms with Crippen molar-refractivity contribution in [2.45, 2.75) is 36.1 Å². The minimum Gasteiger partial charge on any atom is -0.497 e. The molecule has 11 nitrogen and oxygen atoms in total. The van der Waals surface area contributed by atoms with Crippen LogP contribution in [0.15, 0.2) is 122 Å². The Balaban J connectivity index is 1.30. The minimum absolute atomic E-state index is 0.121. The van der Waals surface area contributed by atoms with Gasteiger partial charge >= 0.3 is 0 Å². The van der Waals surface area contributed by atoms with E-state index in [0.717, 1.165) is 0 Å². The minimum atomic E-state index is -2.00. The molecule has 1 aliphatic heterocycles. The lowest BCUT2D eigenvalue weighted by molar-refractivity contribution is -0.0965. The standard InChI is InChI=1S/C38H34FN5O6/c1-48-27-17-13-25(14-18-27)38(24-11-7-4-8-12-24,26-15-19-28(49-2)20-16-26)33(46)32-31(45)29(39)37(50-32)44-22-42-30-34(40-21-41-35(30)44)43-36(47)23-9-5-3-6-10-23/h3-22,29,31-33,37,45-46H,1-2H3,(H,40,41,43,47)/t29-,31+,32+,33?,37-/m1/s1. The van der Waals surface area contributed by atoms with Gasteiger partial charge in [-0.15, -0.1) is 0 Å². The third-order valence-electron chi connectivity index (χ3n) is 9.21. The van der Waals surface area contributed by atoms with Crippen molar-refractivity contribution in [2.75, 3.05) is 19.5 Å². The van der Waals surface area contributed by atoms with Crippen LogP contribution >= 0.6 is 0 Å². The lowest BCUT2D eigenvalue weighted by Crippen LogP contribution is -2.52. The summed E-state index contributed by atoms with van der Waals surface area (Å²) in [7, 11) is 3.12. The van der Waals surface area contributed by atoms with Gasteiger partial charge in [0.1, 0.15) is 36.1 Å². The van der Waals surface area contributed by atoms with Gasteiger partial charge in [-0.05, 0) is 53.1 Å². The molecule has 2 aromatic heterocycles. The van der Waals surface area contributed by atoms with Gasteiger partial charge in [-0.1, -0.05) is 72.8 Å². The smallest absolute Gasteiger partial charge is 0.256 e. The summed E-state index contributed by atoms with van der Waals surface area (Å²) in [6.07, 6.45) is -5.61. The number of carbonyl (C=O) groups excluding carboxylic acids is 1. The summed E-state index contributed by atoms with van der Waals surface area (Å²) in [6.45, 7) is 0. The number of halogens is 1. The van der Waals surface area contributed by atoms with Crippen molar-refractivity contribution in [2.24, 2.45) is 0 Å². The summed E-state index contributed by atoms with van der Waals surface area (Å²) < 4.78 is 34.8. The topological polar surface area (TPSA) is 141 Å². The molecule has 0 bridgehead atoms. The zero-order valence-corrected chi connectivity index (χ0v) is 27.1. The molecule has 12 heteroatoms. The predicted molar refractivity (Wildman–Crippen MR) is 183 cm³/mol. The van der Waals surface area contributed by atoms with Gasteiger partial charge in [0, 0.05) is 5.56 Å². The van der Waals surface area contributed by atoms with Gasteiger partial charge in [0.05, 0.1) is 26.0 Å². The second kappa shape index (κ2) is 13.7. The van der Waals surface area contributed by atoms with Crippen molar-refractivity contribution in [3.63, 3.8) is 0 Å². The molecule has 50 heavy (non-hydrogen) atoms. The second-order valence-corrected chi connectivity index (χ2v) is 11.9. The van der Waals surface area contributed by atoms with E-state index in [9.17, 15) is 15.0 Å². The summed E-state index contributed by atoms with van der Waals surface area (Å²) >= 11 is 0. The number of nitrogens with zero attached hydrogens (tertiary/aromatic N) is 4. The predicted octanol–water partition coefficient (Wildman–Crippen LogP) is 5.09. The Bertz CT molecular complexity index is 2030. The third kappa shape index (κ3) is 5.62. The fraction of sp³-hybridized carbons (Fsp3) is 0.211. The molecule has 1 fully saturated rings. The van der Waals surface area contributed by atoms with E-state index in [2.05, 4.69) is 20.3 Å². The molecule has 3 N–H and O–H groups in total. The van der Waals surface area contributed by atoms with Crippen molar-refractivity contribution in [3.8, 4) is 11.5 Å². The molecule has 3 heterocycles. The van der Waals surface area contributed by atoms with Crippen molar-refractivity contribution >= 4 is 22.9 Å². The Hall–Kier alpha value is -5.69. The number of aliphatic hydroxyl groups is 2. The maximum Gasteiger partial charge on any atom is 0.256 e. The Labute approximate surface area is 287 Å². The number of fused-ring (bicyclic) bond motifs is 1. The Morgan fingerprint density at radius 3 is 1.98 bits per heavy atom. The molecular formula is C38H34FN5O6. The number of amides is 1. The monoisotopic (exact) mass is 675 g/mol. The first-order chi connectivity index (χ1) is 24.4. The Kier molecular flexibility index (Phi) is 8.98. The van der Waals surface area contributed by atoms with Crippen LogP contribution in [0.25, 0.3) is 11.2 Å². The number of aliphatic hydroxyl groups excluding tert-OH is 2. The fourth-order valence-electron chi connectivity index (χ4n) is 6.71. The number of nitrogens with one attached hydrogen (secondary N) is 1. The van der Waals surface area contributed by atoms with Crippen LogP contribution in [0.2, 0.25) is 0 Å². The molecule has 4 aromatic carbocycles. The van der Waals surface area contributed by atoms with E-state index in [-0.39, 0.29) is 17.0 Å². The van der Waals surface area contributed by atoms with Crippen LogP contribution in [0.3, 0.4) is 0 Å². The van der Waals surface area contributed by atoms with E-state index in [1.807, 2.05) is 54.6 Å². The van der Waals surface area contributed by atoms with E-state index in [4.69, 9.17) is 14.2 Å². The summed E-state index contributed by atoms with van der Waals surface area (Å²) in [5, 5.41) is 26.9. The highest BCUT2D eigenvalue weighted by Gasteiger charge is 2.56. The Morgan fingerprint density at radius 1 is 0.840 bits per heavy atom. The average Bonchev–Trinajstić information content (AvgIpc) is 3.73. The first-order valence-corrected chi connectivity index (χ1v) is 15.9. The van der Waals surface area contributed by atoms with Crippen molar-refractivity contribution < 1.29 is 33.6 Å². The summed E-state index contributed by atoms with van der Waals surface area (Å²) in [4.78, 5) is 25.7. The van der Waals surface area contributed by atoms with Crippen LogP contribution in [0.5, 0.6) is 11.5 Å². The normalized spacial score (nSPS) is 19.6. The summed E-state index contributed by atoms with van der Waals surface area (Å²) in [5.74, 6) is 0.923. The molecule has 1 aliphatic rings. The number of hydrogen-bond acceptors (Lipinski definition) is 9. The first kappa shape index (κ1) is 32.8. The molecule has 1 amide bonds. The van der Waals surface area contributed by atoms with E-state index in [1.165, 1.54) is 17.2 Å². The number of methoxy groups -OCH3 is 2. The number of anilines is 1. The van der Waals surface area contributed by atoms with Gasteiger partial charge in [0.25, 0.3) is 5.91 Å². The van der Waals surface area contributed by atoms with Crippen molar-refractivity contribution in [1.29, 1.82) is 0 Å². The zero-order chi connectivity index (χ0) is 34.8. The van der Waals surface area contributed by atoms with Crippen LogP contribution in [-0.4, -0.2) is 74.3 Å². The summed E-state index contributed by atoms with van der Waals surface area (Å²) in [6, 6.07) is 32.3. The number of rotatable bonds is 10. The highest BCUT2D eigenvalue weighted by molar-refractivity contribution is 6.06. The van der Waals surface area contributed by atoms with Crippen LogP contribution < -0.4 is 14.8 Å². The van der Waals surface area contributed by atoms with Gasteiger partial charge in [-0.3, -0.25) is 9.36 Å². The summed E-state index contributed by atoms with van der Waals surface area (Å²) in [5.41, 5.74) is 1.38. The molecule has 7 rings (SSSR count). The highest BCUT2D eigenvalue weighted by Crippen LogP contribution is 2.48. The van der Waals surface area contributed by atoms with E-state index in [1.54, 1.807) is 68.8 Å². The molecule has 5 atom stereocenters. The maximum atomic E-state index is 16.3. The number of carbonyl (C=O) groups is 1. The maximum absolute atomic E-state index is 16.3. The molecule has 0 saturated carbocycles. The van der Waals surface area contributed by atoms with Gasteiger partial charge in [0.15, 0.2) is 29.4 Å². The third-order valence-corrected chi connectivity index (χ3v) is 9.21. The van der Waals surface area contributed by atoms with Crippen LogP contribution in [0, 0.1) is 0 Å². The van der Waals surface area contributed by atoms with Crippen molar-refractivity contribution in [3.05, 3.63) is 144 Å². The quantitative estimate of drug-likeness (QED) is 0.170. The van der Waals surface area contributed by atoms with Gasteiger partial charge in [-0.25, -0.2) is 19.3 Å². The fourth-order valence-corrected chi connectivity index (χ4v) is 6.71. The number of aromatic nitrogens is 4. The molecule has 6 aromatic rings. The molecule has 0 aliphatic carbocycles. The first-order valence-electron chi connectivity index (χ1n) is 15.9. The van der Waals surface area contributed by atoms with E-state index >= 15 is 4.39 Å². The Morgan fingerprint density at radius 2 is 1.40 bits per heavy atom. The lowest BCUT2D eigenvalue weighted by Gasteiger charge is -2.42. The SMILES string of the molecule is COc1ccc(C(c2ccccc2)(c2ccc(OC)cc2)C(O)[C@H]2O[C@@H](n3cnc4c(NC(=O)c5ccccc5)ncnc43)[C@H](F)[C@@H]2O)cc1. The molecule has 0 radical (unpaired) electrons. The van der Waals surface area contributed by atoms with Crippen molar-refractivity contribution in [1.82, 2.24) is 19.5 Å². The van der Waals surface area contributed by atoms with Gasteiger partial charge in [-0.2, -0.15) is 0 Å². The lowest BCUT2D eigenvalue weighted by atomic mass is 9.64. The second-order valence-electron chi connectivity index (χ2n) is 11.9. The number of alkyl halides is 1. The highest BCUT2D eigenvalue weighted by atomic mass is 19.1. The van der Waals surface area contributed by atoms with Crippen LogP contribution in [0.4, 0.5) is 10.2 Å². The van der Waals surface area contributed by atoms with Gasteiger partial charge in [0.2, 0.25) is 0 Å².